The number of carbonyl (C=O) groups excluding carboxylic acids is 1. The normalized spacial score (nSPS) is 11.5. The van der Waals surface area contributed by atoms with E-state index in [9.17, 15) is 18.0 Å². The van der Waals surface area contributed by atoms with Crippen LogP contribution in [0.5, 0.6) is 0 Å². The SMILES string of the molecule is Cc1ccc(S(=O)(=O)NCC(=O)OCc2cc(=O)oc3cc(C)ccc23)cc1. The Morgan fingerprint density at radius 3 is 2.43 bits per heavy atom. The summed E-state index contributed by atoms with van der Waals surface area (Å²) in [6.45, 7) is 3.02. The van der Waals surface area contributed by atoms with Crippen molar-refractivity contribution in [3.8, 4) is 0 Å². The highest BCUT2D eigenvalue weighted by atomic mass is 32.2. The Kier molecular flexibility index (Phi) is 5.62. The molecule has 0 aliphatic carbocycles. The van der Waals surface area contributed by atoms with E-state index in [1.165, 1.54) is 18.2 Å². The predicted octanol–water partition coefficient (Wildman–Crippen LogP) is 2.43. The molecular formula is C20H19NO6S. The molecule has 0 amide bonds. The molecule has 0 fully saturated rings. The van der Waals surface area contributed by atoms with Crippen molar-refractivity contribution >= 4 is 27.0 Å². The lowest BCUT2D eigenvalue weighted by Crippen LogP contribution is -2.30. The van der Waals surface area contributed by atoms with Gasteiger partial charge in [0.05, 0.1) is 4.90 Å². The molecule has 3 rings (SSSR count). The van der Waals surface area contributed by atoms with Gasteiger partial charge in [-0.2, -0.15) is 4.72 Å². The third-order valence-electron chi connectivity index (χ3n) is 4.11. The first-order valence-corrected chi connectivity index (χ1v) is 9.98. The molecule has 0 bridgehead atoms. The molecule has 1 heterocycles. The van der Waals surface area contributed by atoms with Crippen LogP contribution in [-0.2, 0) is 26.2 Å². The van der Waals surface area contributed by atoms with E-state index in [-0.39, 0.29) is 11.5 Å². The lowest BCUT2D eigenvalue weighted by Gasteiger charge is -2.09. The topological polar surface area (TPSA) is 103 Å². The number of hydrogen-bond donors (Lipinski definition) is 1. The summed E-state index contributed by atoms with van der Waals surface area (Å²) >= 11 is 0. The van der Waals surface area contributed by atoms with E-state index < -0.39 is 28.2 Å². The van der Waals surface area contributed by atoms with Crippen LogP contribution in [0, 0.1) is 13.8 Å². The van der Waals surface area contributed by atoms with Gasteiger partial charge in [-0.25, -0.2) is 13.2 Å². The van der Waals surface area contributed by atoms with E-state index in [2.05, 4.69) is 4.72 Å². The summed E-state index contributed by atoms with van der Waals surface area (Å²) < 4.78 is 36.9. The fourth-order valence-electron chi connectivity index (χ4n) is 2.62. The first kappa shape index (κ1) is 19.8. The molecule has 8 heteroatoms. The van der Waals surface area contributed by atoms with Crippen molar-refractivity contribution in [3.63, 3.8) is 0 Å². The summed E-state index contributed by atoms with van der Waals surface area (Å²) in [7, 11) is -3.82. The highest BCUT2D eigenvalue weighted by molar-refractivity contribution is 7.89. The highest BCUT2D eigenvalue weighted by Crippen LogP contribution is 2.19. The number of fused-ring (bicyclic) bond motifs is 1. The fraction of sp³-hybridized carbons (Fsp3) is 0.200. The second-order valence-corrected chi connectivity index (χ2v) is 8.16. The van der Waals surface area contributed by atoms with E-state index in [1.54, 1.807) is 24.3 Å². The zero-order valence-corrected chi connectivity index (χ0v) is 16.2. The van der Waals surface area contributed by atoms with Gasteiger partial charge in [0, 0.05) is 17.0 Å². The molecule has 0 aliphatic rings. The van der Waals surface area contributed by atoms with Crippen molar-refractivity contribution in [2.75, 3.05) is 6.54 Å². The molecule has 2 aromatic carbocycles. The second kappa shape index (κ2) is 7.95. The molecule has 0 unspecified atom stereocenters. The van der Waals surface area contributed by atoms with Gasteiger partial charge in [-0.05, 0) is 37.6 Å². The molecule has 0 radical (unpaired) electrons. The minimum atomic E-state index is -3.82. The molecule has 3 aromatic rings. The van der Waals surface area contributed by atoms with Gasteiger partial charge >= 0.3 is 11.6 Å². The molecule has 7 nitrogen and oxygen atoms in total. The Morgan fingerprint density at radius 1 is 1.04 bits per heavy atom. The maximum atomic E-state index is 12.2. The number of hydrogen-bond acceptors (Lipinski definition) is 6. The number of nitrogens with one attached hydrogen (secondary N) is 1. The minimum Gasteiger partial charge on any atom is -0.460 e. The quantitative estimate of drug-likeness (QED) is 0.503. The summed E-state index contributed by atoms with van der Waals surface area (Å²) in [5, 5.41) is 0.651. The van der Waals surface area contributed by atoms with Crippen molar-refractivity contribution in [2.24, 2.45) is 0 Å². The van der Waals surface area contributed by atoms with Gasteiger partial charge in [-0.15, -0.1) is 0 Å². The van der Waals surface area contributed by atoms with Crippen LogP contribution in [-0.4, -0.2) is 20.9 Å². The van der Waals surface area contributed by atoms with Gasteiger partial charge in [-0.1, -0.05) is 29.8 Å². The van der Waals surface area contributed by atoms with Crippen molar-refractivity contribution in [2.45, 2.75) is 25.3 Å². The number of sulfonamides is 1. The molecule has 146 valence electrons. The van der Waals surface area contributed by atoms with Crippen LogP contribution in [0.15, 0.2) is 62.6 Å². The van der Waals surface area contributed by atoms with Gasteiger partial charge < -0.3 is 9.15 Å². The Morgan fingerprint density at radius 2 is 1.71 bits per heavy atom. The van der Waals surface area contributed by atoms with Gasteiger partial charge in [-0.3, -0.25) is 4.79 Å². The number of carbonyl (C=O) groups is 1. The lowest BCUT2D eigenvalue weighted by molar-refractivity contribution is -0.143. The second-order valence-electron chi connectivity index (χ2n) is 6.39. The Bertz CT molecular complexity index is 1180. The third kappa shape index (κ3) is 4.65. The average molecular weight is 401 g/mol. The summed E-state index contributed by atoms with van der Waals surface area (Å²) in [6, 6.07) is 12.8. The number of aryl methyl sites for hydroxylation is 2. The molecule has 0 spiro atoms. The lowest BCUT2D eigenvalue weighted by atomic mass is 10.1. The zero-order valence-electron chi connectivity index (χ0n) is 15.4. The maximum absolute atomic E-state index is 12.2. The van der Waals surface area contributed by atoms with Gasteiger partial charge in [0.1, 0.15) is 18.7 Å². The monoisotopic (exact) mass is 401 g/mol. The summed E-state index contributed by atoms with van der Waals surface area (Å²) in [6.07, 6.45) is 0. The van der Waals surface area contributed by atoms with E-state index in [1.807, 2.05) is 19.9 Å². The van der Waals surface area contributed by atoms with Crippen LogP contribution >= 0.6 is 0 Å². The molecule has 0 aliphatic heterocycles. The first-order valence-electron chi connectivity index (χ1n) is 8.50. The standard InChI is InChI=1S/C20H19NO6S/c1-13-3-6-16(7-4-13)28(24,25)21-11-20(23)26-12-15-10-19(22)27-18-9-14(2)5-8-17(15)18/h3-10,21H,11-12H2,1-2H3. The molecule has 28 heavy (non-hydrogen) atoms. The van der Waals surface area contributed by atoms with Crippen molar-refractivity contribution in [1.82, 2.24) is 4.72 Å². The molecule has 1 N–H and O–H groups in total. The number of ether oxygens (including phenoxy) is 1. The van der Waals surface area contributed by atoms with E-state index in [0.717, 1.165) is 11.1 Å². The van der Waals surface area contributed by atoms with Crippen LogP contribution in [0.3, 0.4) is 0 Å². The summed E-state index contributed by atoms with van der Waals surface area (Å²) in [5.74, 6) is -0.760. The third-order valence-corrected chi connectivity index (χ3v) is 5.53. The van der Waals surface area contributed by atoms with Gasteiger partial charge in [0.25, 0.3) is 0 Å². The van der Waals surface area contributed by atoms with Gasteiger partial charge in [0.2, 0.25) is 10.0 Å². The van der Waals surface area contributed by atoms with Crippen molar-refractivity contribution in [3.05, 3.63) is 75.6 Å². The molecule has 0 atom stereocenters. The molecule has 0 saturated carbocycles. The fourth-order valence-corrected chi connectivity index (χ4v) is 3.59. The van der Waals surface area contributed by atoms with Crippen LogP contribution in [0.25, 0.3) is 11.0 Å². The van der Waals surface area contributed by atoms with Crippen molar-refractivity contribution in [1.29, 1.82) is 0 Å². The zero-order chi connectivity index (χ0) is 20.3. The average Bonchev–Trinajstić information content (AvgIpc) is 2.64. The Balaban J connectivity index is 1.66. The smallest absolute Gasteiger partial charge is 0.336 e. The van der Waals surface area contributed by atoms with Crippen LogP contribution in [0.4, 0.5) is 0 Å². The number of esters is 1. The van der Waals surface area contributed by atoms with Crippen molar-refractivity contribution < 1.29 is 22.4 Å². The molecule has 1 aromatic heterocycles. The van der Waals surface area contributed by atoms with Crippen LogP contribution in [0.2, 0.25) is 0 Å². The summed E-state index contributed by atoms with van der Waals surface area (Å²) in [4.78, 5) is 23.7. The Labute approximate surface area is 162 Å². The largest absolute Gasteiger partial charge is 0.460 e. The van der Waals surface area contributed by atoms with E-state index >= 15 is 0 Å². The molecular weight excluding hydrogens is 382 g/mol. The summed E-state index contributed by atoms with van der Waals surface area (Å²) in [5.41, 5.74) is 2.19. The van der Waals surface area contributed by atoms with Gasteiger partial charge in [0.15, 0.2) is 0 Å². The van der Waals surface area contributed by atoms with E-state index in [4.69, 9.17) is 9.15 Å². The van der Waals surface area contributed by atoms with Crippen LogP contribution in [0.1, 0.15) is 16.7 Å². The van der Waals surface area contributed by atoms with Crippen LogP contribution < -0.4 is 10.3 Å². The minimum absolute atomic E-state index is 0.0629. The van der Waals surface area contributed by atoms with E-state index in [0.29, 0.717) is 16.5 Å². The predicted molar refractivity (Wildman–Crippen MR) is 103 cm³/mol. The Hall–Kier alpha value is -2.97. The molecule has 0 saturated heterocycles. The highest BCUT2D eigenvalue weighted by Gasteiger charge is 2.16. The maximum Gasteiger partial charge on any atom is 0.336 e. The first-order chi connectivity index (χ1) is 13.2. The number of benzene rings is 2. The number of rotatable bonds is 6.